The predicted molar refractivity (Wildman–Crippen MR) is 108 cm³/mol. The van der Waals surface area contributed by atoms with Crippen LogP contribution in [-0.4, -0.2) is 43.3 Å². The van der Waals surface area contributed by atoms with E-state index >= 15 is 0 Å². The van der Waals surface area contributed by atoms with Crippen LogP contribution < -0.4 is 0 Å². The van der Waals surface area contributed by atoms with E-state index in [1.165, 1.54) is 30.3 Å². The lowest BCUT2D eigenvalue weighted by Gasteiger charge is -2.21. The van der Waals surface area contributed by atoms with Crippen molar-refractivity contribution in [3.05, 3.63) is 52.6 Å². The second-order valence-electron chi connectivity index (χ2n) is 6.28. The Kier molecular flexibility index (Phi) is 6.23. The molecule has 3 rings (SSSR count). The van der Waals surface area contributed by atoms with Gasteiger partial charge in [-0.2, -0.15) is 13.2 Å². The van der Waals surface area contributed by atoms with E-state index < -0.39 is 42.0 Å². The van der Waals surface area contributed by atoms with E-state index in [1.807, 2.05) is 0 Å². The van der Waals surface area contributed by atoms with Crippen molar-refractivity contribution in [2.75, 3.05) is 0 Å². The largest absolute Gasteiger partial charge is 0.481 e. The molecule has 1 aliphatic heterocycles. The van der Waals surface area contributed by atoms with Gasteiger partial charge >= 0.3 is 18.1 Å². The molecule has 0 aliphatic carbocycles. The van der Waals surface area contributed by atoms with Crippen molar-refractivity contribution >= 4 is 52.2 Å². The van der Waals surface area contributed by atoms with Crippen molar-refractivity contribution in [1.29, 1.82) is 0 Å². The number of thioether (sulfide) groups is 1. The summed E-state index contributed by atoms with van der Waals surface area (Å²) >= 11 is 5.79. The van der Waals surface area contributed by atoms with Crippen molar-refractivity contribution in [3.63, 3.8) is 0 Å². The molecule has 1 aromatic heterocycles. The van der Waals surface area contributed by atoms with Gasteiger partial charge in [-0.3, -0.25) is 14.5 Å². The number of carboxylic acids is 2. The number of thiocarbonyl (C=S) groups is 1. The molecule has 0 radical (unpaired) electrons. The van der Waals surface area contributed by atoms with Crippen LogP contribution in [0.3, 0.4) is 0 Å². The first kappa shape index (κ1) is 22.6. The molecule has 1 fully saturated rings. The van der Waals surface area contributed by atoms with Crippen molar-refractivity contribution < 1.29 is 42.2 Å². The lowest BCUT2D eigenvalue weighted by atomic mass is 10.1. The standard InChI is InChI=1S/C19H12F3NO6S2/c20-19(21,22)10-3-1-2-9(6-10)13-5-4-11(29-13)7-14-16(26)23(18(30)31-14)12(17(27)28)8-15(24)25/h1-7,12H,8H2,(H,24,25)(H,27,28)/b14-7-. The van der Waals surface area contributed by atoms with Gasteiger partial charge in [-0.05, 0) is 24.3 Å². The summed E-state index contributed by atoms with van der Waals surface area (Å²) < 4.78 is 44.1. The molecule has 0 saturated carbocycles. The lowest BCUT2D eigenvalue weighted by Crippen LogP contribution is -2.45. The fourth-order valence-corrected chi connectivity index (χ4v) is 4.10. The molecule has 2 N–H and O–H groups in total. The maximum Gasteiger partial charge on any atom is 0.416 e. The van der Waals surface area contributed by atoms with Gasteiger partial charge in [0.25, 0.3) is 5.91 Å². The first-order valence-electron chi connectivity index (χ1n) is 8.46. The van der Waals surface area contributed by atoms with Crippen LogP contribution in [0, 0.1) is 0 Å². The van der Waals surface area contributed by atoms with Crippen LogP contribution in [0.4, 0.5) is 13.2 Å². The second-order valence-corrected chi connectivity index (χ2v) is 7.96. The number of carbonyl (C=O) groups is 3. The minimum absolute atomic E-state index is 0.00780. The predicted octanol–water partition coefficient (Wildman–Crippen LogP) is 4.09. The molecule has 2 aromatic rings. The topological polar surface area (TPSA) is 108 Å². The molecule has 1 aliphatic rings. The highest BCUT2D eigenvalue weighted by Gasteiger charge is 2.41. The van der Waals surface area contributed by atoms with Gasteiger partial charge in [-0.1, -0.05) is 36.1 Å². The number of hydrogen-bond donors (Lipinski definition) is 2. The van der Waals surface area contributed by atoms with Gasteiger partial charge in [0.1, 0.15) is 21.9 Å². The summed E-state index contributed by atoms with van der Waals surface area (Å²) in [4.78, 5) is 35.6. The number of alkyl halides is 3. The zero-order chi connectivity index (χ0) is 22.9. The Morgan fingerprint density at radius 2 is 1.94 bits per heavy atom. The number of rotatable bonds is 6. The quantitative estimate of drug-likeness (QED) is 0.479. The van der Waals surface area contributed by atoms with Crippen LogP contribution in [0.2, 0.25) is 0 Å². The minimum atomic E-state index is -4.52. The van der Waals surface area contributed by atoms with Crippen LogP contribution in [0.1, 0.15) is 17.7 Å². The number of aliphatic carboxylic acids is 2. The van der Waals surface area contributed by atoms with E-state index in [2.05, 4.69) is 0 Å². The zero-order valence-electron chi connectivity index (χ0n) is 15.3. The summed E-state index contributed by atoms with van der Waals surface area (Å²) in [7, 11) is 0. The fraction of sp³-hybridized carbons (Fsp3) is 0.158. The Labute approximate surface area is 182 Å². The Balaban J connectivity index is 1.86. The zero-order valence-corrected chi connectivity index (χ0v) is 16.9. The van der Waals surface area contributed by atoms with Gasteiger partial charge in [-0.15, -0.1) is 0 Å². The Morgan fingerprint density at radius 1 is 1.23 bits per heavy atom. The number of nitrogens with zero attached hydrogens (tertiary/aromatic N) is 1. The molecular formula is C19H12F3NO6S2. The van der Waals surface area contributed by atoms with Gasteiger partial charge in [0.15, 0.2) is 0 Å². The first-order valence-corrected chi connectivity index (χ1v) is 9.69. The highest BCUT2D eigenvalue weighted by atomic mass is 32.2. The Morgan fingerprint density at radius 3 is 2.55 bits per heavy atom. The number of benzene rings is 1. The van der Waals surface area contributed by atoms with E-state index in [0.29, 0.717) is 4.90 Å². The van der Waals surface area contributed by atoms with E-state index in [1.54, 1.807) is 0 Å². The van der Waals surface area contributed by atoms with Gasteiger partial charge in [0.05, 0.1) is 16.9 Å². The third kappa shape index (κ3) is 4.97. The molecule has 1 aromatic carbocycles. The highest BCUT2D eigenvalue weighted by molar-refractivity contribution is 8.26. The van der Waals surface area contributed by atoms with Crippen molar-refractivity contribution in [2.24, 2.45) is 0 Å². The smallest absolute Gasteiger partial charge is 0.416 e. The summed E-state index contributed by atoms with van der Waals surface area (Å²) in [5, 5.41) is 18.2. The van der Waals surface area contributed by atoms with Crippen LogP contribution in [0.15, 0.2) is 45.7 Å². The average Bonchev–Trinajstić information content (AvgIpc) is 3.24. The summed E-state index contributed by atoms with van der Waals surface area (Å²) in [6, 6.07) is 5.69. The normalized spacial score (nSPS) is 16.7. The fourth-order valence-electron chi connectivity index (χ4n) is 2.77. The second kappa shape index (κ2) is 8.55. The summed E-state index contributed by atoms with van der Waals surface area (Å²) in [6.07, 6.45) is -4.10. The van der Waals surface area contributed by atoms with E-state index in [4.69, 9.17) is 21.7 Å². The molecule has 0 bridgehead atoms. The number of halogens is 3. The summed E-state index contributed by atoms with van der Waals surface area (Å²) in [5.41, 5.74) is -0.670. The lowest BCUT2D eigenvalue weighted by molar-refractivity contribution is -0.150. The highest BCUT2D eigenvalue weighted by Crippen LogP contribution is 2.36. The number of amides is 1. The Hall–Kier alpha value is -3.12. The van der Waals surface area contributed by atoms with Crippen LogP contribution in [-0.2, 0) is 20.6 Å². The van der Waals surface area contributed by atoms with Crippen LogP contribution >= 0.6 is 24.0 Å². The van der Waals surface area contributed by atoms with Crippen LogP contribution in [0.5, 0.6) is 0 Å². The monoisotopic (exact) mass is 471 g/mol. The molecule has 1 amide bonds. The molecule has 31 heavy (non-hydrogen) atoms. The van der Waals surface area contributed by atoms with Crippen LogP contribution in [0.25, 0.3) is 17.4 Å². The van der Waals surface area contributed by atoms with Gasteiger partial charge in [0.2, 0.25) is 0 Å². The van der Waals surface area contributed by atoms with Crippen molar-refractivity contribution in [3.8, 4) is 11.3 Å². The number of carbonyl (C=O) groups excluding carboxylic acids is 1. The molecule has 1 saturated heterocycles. The molecule has 2 heterocycles. The van der Waals surface area contributed by atoms with Gasteiger partial charge in [0, 0.05) is 11.6 Å². The molecule has 1 atom stereocenters. The summed E-state index contributed by atoms with van der Waals surface area (Å²) in [6.45, 7) is 0. The van der Waals surface area contributed by atoms with E-state index in [0.717, 1.165) is 23.9 Å². The number of carboxylic acid groups (broad SMARTS) is 2. The first-order chi connectivity index (χ1) is 14.5. The third-order valence-electron chi connectivity index (χ3n) is 4.16. The van der Waals surface area contributed by atoms with Gasteiger partial charge in [-0.25, -0.2) is 4.79 Å². The minimum Gasteiger partial charge on any atom is -0.481 e. The molecular weight excluding hydrogens is 459 g/mol. The third-order valence-corrected chi connectivity index (χ3v) is 5.49. The van der Waals surface area contributed by atoms with E-state index in [-0.39, 0.29) is 26.3 Å². The molecule has 12 heteroatoms. The van der Waals surface area contributed by atoms with Crippen molar-refractivity contribution in [2.45, 2.75) is 18.6 Å². The maximum absolute atomic E-state index is 12.9. The Bertz CT molecular complexity index is 1110. The molecule has 0 spiro atoms. The molecule has 162 valence electrons. The number of furan rings is 1. The maximum atomic E-state index is 12.9. The summed E-state index contributed by atoms with van der Waals surface area (Å²) in [5.74, 6) is -3.49. The average molecular weight is 471 g/mol. The number of hydrogen-bond acceptors (Lipinski definition) is 6. The SMILES string of the molecule is O=C(O)CC(C(=O)O)N1C(=O)/C(=C/c2ccc(-c3cccc(C(F)(F)F)c3)o2)SC1=S. The molecule has 7 nitrogen and oxygen atoms in total. The molecule has 1 unspecified atom stereocenters. The van der Waals surface area contributed by atoms with Gasteiger partial charge < -0.3 is 14.6 Å². The van der Waals surface area contributed by atoms with Crippen molar-refractivity contribution in [1.82, 2.24) is 4.90 Å². The van der Waals surface area contributed by atoms with E-state index in [9.17, 15) is 32.7 Å².